The summed E-state index contributed by atoms with van der Waals surface area (Å²) in [6, 6.07) is 9.27. The molecule has 1 heterocycles. The molecule has 4 nitrogen and oxygen atoms in total. The number of aromatic nitrogens is 2. The predicted molar refractivity (Wildman–Crippen MR) is 65.8 cm³/mol. The number of ketones is 1. The second kappa shape index (κ2) is 5.21. The first-order valence-corrected chi connectivity index (χ1v) is 5.36. The highest BCUT2D eigenvalue weighted by Crippen LogP contribution is 2.06. The lowest BCUT2D eigenvalue weighted by Crippen LogP contribution is -2.03. The third-order valence-electron chi connectivity index (χ3n) is 2.38. The zero-order chi connectivity index (χ0) is 12.1. The van der Waals surface area contributed by atoms with E-state index in [4.69, 9.17) is 0 Å². The van der Waals surface area contributed by atoms with Crippen LogP contribution in [0.2, 0.25) is 0 Å². The van der Waals surface area contributed by atoms with E-state index in [1.54, 1.807) is 25.4 Å². The van der Waals surface area contributed by atoms with Gasteiger partial charge >= 0.3 is 0 Å². The second-order valence-electron chi connectivity index (χ2n) is 3.68. The molecule has 0 bridgehead atoms. The van der Waals surface area contributed by atoms with Crippen molar-refractivity contribution in [1.29, 1.82) is 0 Å². The average molecular weight is 227 g/mol. The smallest absolute Gasteiger partial charge is 0.222 e. The molecule has 2 rings (SSSR count). The third kappa shape index (κ3) is 3.11. The van der Waals surface area contributed by atoms with E-state index < -0.39 is 0 Å². The second-order valence-corrected chi connectivity index (χ2v) is 3.68. The van der Waals surface area contributed by atoms with E-state index in [0.29, 0.717) is 12.5 Å². The van der Waals surface area contributed by atoms with E-state index in [2.05, 4.69) is 15.3 Å². The number of carbonyl (C=O) groups excluding carboxylic acids is 1. The maximum atomic E-state index is 11.1. The van der Waals surface area contributed by atoms with Gasteiger partial charge in [-0.15, -0.1) is 0 Å². The van der Waals surface area contributed by atoms with Gasteiger partial charge in [0.2, 0.25) is 5.95 Å². The Hall–Kier alpha value is -2.23. The van der Waals surface area contributed by atoms with Crippen LogP contribution in [0.25, 0.3) is 0 Å². The Morgan fingerprint density at radius 2 is 1.82 bits per heavy atom. The number of benzene rings is 1. The zero-order valence-electron chi connectivity index (χ0n) is 9.55. The molecule has 0 radical (unpaired) electrons. The summed E-state index contributed by atoms with van der Waals surface area (Å²) in [5.74, 6) is 0.680. The van der Waals surface area contributed by atoms with E-state index in [1.165, 1.54) is 0 Å². The number of nitrogens with one attached hydrogen (secondary N) is 1. The van der Waals surface area contributed by atoms with E-state index in [-0.39, 0.29) is 5.78 Å². The lowest BCUT2D eigenvalue weighted by atomic mass is 10.1. The molecule has 0 fully saturated rings. The highest BCUT2D eigenvalue weighted by atomic mass is 16.1. The van der Waals surface area contributed by atoms with E-state index >= 15 is 0 Å². The van der Waals surface area contributed by atoms with Crippen molar-refractivity contribution >= 4 is 11.7 Å². The van der Waals surface area contributed by atoms with Crippen LogP contribution in [0.4, 0.5) is 5.95 Å². The van der Waals surface area contributed by atoms with Crippen molar-refractivity contribution in [2.75, 3.05) is 5.32 Å². The molecule has 1 aromatic heterocycles. The van der Waals surface area contributed by atoms with Crippen molar-refractivity contribution < 1.29 is 4.79 Å². The average Bonchev–Trinajstić information content (AvgIpc) is 2.38. The van der Waals surface area contributed by atoms with Crippen LogP contribution in [0, 0.1) is 0 Å². The Labute approximate surface area is 99.7 Å². The summed E-state index contributed by atoms with van der Waals surface area (Å²) in [6.07, 6.45) is 3.38. The van der Waals surface area contributed by atoms with Crippen LogP contribution in [0.15, 0.2) is 42.7 Å². The molecule has 0 aliphatic heterocycles. The molecule has 1 aromatic carbocycles. The minimum atomic E-state index is 0.0795. The first-order valence-electron chi connectivity index (χ1n) is 5.36. The van der Waals surface area contributed by atoms with E-state index in [9.17, 15) is 4.79 Å². The molecule has 17 heavy (non-hydrogen) atoms. The van der Waals surface area contributed by atoms with Gasteiger partial charge in [0.25, 0.3) is 0 Å². The molecule has 0 saturated carbocycles. The van der Waals surface area contributed by atoms with Gasteiger partial charge in [-0.1, -0.05) is 24.3 Å². The molecule has 2 aromatic rings. The first-order chi connectivity index (χ1) is 8.25. The summed E-state index contributed by atoms with van der Waals surface area (Å²) in [6.45, 7) is 2.20. The summed E-state index contributed by atoms with van der Waals surface area (Å²) in [7, 11) is 0. The van der Waals surface area contributed by atoms with Gasteiger partial charge in [0.15, 0.2) is 5.78 Å². The Bertz CT molecular complexity index is 494. The zero-order valence-corrected chi connectivity index (χ0v) is 9.55. The van der Waals surface area contributed by atoms with Crippen molar-refractivity contribution in [3.05, 3.63) is 53.9 Å². The van der Waals surface area contributed by atoms with Crippen LogP contribution in [0.3, 0.4) is 0 Å². The van der Waals surface area contributed by atoms with Gasteiger partial charge < -0.3 is 5.32 Å². The van der Waals surface area contributed by atoms with Crippen LogP contribution >= 0.6 is 0 Å². The molecule has 86 valence electrons. The number of Topliss-reactive ketones (excluding diaryl/α,β-unsaturated/α-hetero) is 1. The van der Waals surface area contributed by atoms with Gasteiger partial charge in [-0.05, 0) is 18.6 Å². The number of hydrogen-bond donors (Lipinski definition) is 1. The number of carbonyl (C=O) groups is 1. The van der Waals surface area contributed by atoms with Crippen LogP contribution in [-0.2, 0) is 6.54 Å². The van der Waals surface area contributed by atoms with E-state index in [1.807, 2.05) is 24.3 Å². The van der Waals surface area contributed by atoms with Gasteiger partial charge in [0.1, 0.15) is 0 Å². The summed E-state index contributed by atoms with van der Waals surface area (Å²) >= 11 is 0. The standard InChI is InChI=1S/C13H13N3O/c1-10(17)12-5-3-11(4-6-12)9-16-13-14-7-2-8-15-13/h2-8H,9H2,1H3,(H,14,15,16). The minimum Gasteiger partial charge on any atom is -0.350 e. The number of nitrogens with zero attached hydrogens (tertiary/aromatic N) is 2. The molecule has 4 heteroatoms. The summed E-state index contributed by atoms with van der Waals surface area (Å²) in [5.41, 5.74) is 1.81. The lowest BCUT2D eigenvalue weighted by Gasteiger charge is -2.04. The number of hydrogen-bond acceptors (Lipinski definition) is 4. The Morgan fingerprint density at radius 1 is 1.18 bits per heavy atom. The highest BCUT2D eigenvalue weighted by Gasteiger charge is 1.99. The Kier molecular flexibility index (Phi) is 3.45. The van der Waals surface area contributed by atoms with Gasteiger partial charge in [0.05, 0.1) is 0 Å². The summed E-state index contributed by atoms with van der Waals surface area (Å²) < 4.78 is 0. The molecular weight excluding hydrogens is 214 g/mol. The van der Waals surface area contributed by atoms with Crippen molar-refractivity contribution in [2.24, 2.45) is 0 Å². The fourth-order valence-corrected chi connectivity index (χ4v) is 1.43. The van der Waals surface area contributed by atoms with Gasteiger partial charge in [-0.25, -0.2) is 9.97 Å². The topological polar surface area (TPSA) is 54.9 Å². The minimum absolute atomic E-state index is 0.0795. The van der Waals surface area contributed by atoms with Gasteiger partial charge in [-0.3, -0.25) is 4.79 Å². The van der Waals surface area contributed by atoms with Crippen molar-refractivity contribution in [3.63, 3.8) is 0 Å². The van der Waals surface area contributed by atoms with Crippen molar-refractivity contribution in [2.45, 2.75) is 13.5 Å². The highest BCUT2D eigenvalue weighted by molar-refractivity contribution is 5.93. The van der Waals surface area contributed by atoms with Gasteiger partial charge in [0, 0.05) is 24.5 Å². The van der Waals surface area contributed by atoms with Crippen LogP contribution < -0.4 is 5.32 Å². The molecule has 1 N–H and O–H groups in total. The molecule has 0 unspecified atom stereocenters. The first kappa shape index (κ1) is 11.3. The van der Waals surface area contributed by atoms with Crippen molar-refractivity contribution in [3.8, 4) is 0 Å². The maximum Gasteiger partial charge on any atom is 0.222 e. The normalized spacial score (nSPS) is 9.94. The van der Waals surface area contributed by atoms with Crippen LogP contribution in [0.5, 0.6) is 0 Å². The molecular formula is C13H13N3O. The SMILES string of the molecule is CC(=O)c1ccc(CNc2ncccn2)cc1. The fraction of sp³-hybridized carbons (Fsp3) is 0.154. The summed E-state index contributed by atoms with van der Waals surface area (Å²) in [5, 5.41) is 3.10. The van der Waals surface area contributed by atoms with Crippen LogP contribution in [-0.4, -0.2) is 15.8 Å². The number of rotatable bonds is 4. The Morgan fingerprint density at radius 3 is 2.41 bits per heavy atom. The molecule has 0 amide bonds. The van der Waals surface area contributed by atoms with E-state index in [0.717, 1.165) is 11.1 Å². The summed E-state index contributed by atoms with van der Waals surface area (Å²) in [4.78, 5) is 19.2. The van der Waals surface area contributed by atoms with Crippen molar-refractivity contribution in [1.82, 2.24) is 9.97 Å². The molecule has 0 aliphatic carbocycles. The fourth-order valence-electron chi connectivity index (χ4n) is 1.43. The van der Waals surface area contributed by atoms with Gasteiger partial charge in [-0.2, -0.15) is 0 Å². The number of anilines is 1. The maximum absolute atomic E-state index is 11.1. The molecule has 0 aliphatic rings. The third-order valence-corrected chi connectivity index (χ3v) is 2.38. The largest absolute Gasteiger partial charge is 0.350 e. The molecule has 0 spiro atoms. The quantitative estimate of drug-likeness (QED) is 0.814. The lowest BCUT2D eigenvalue weighted by molar-refractivity contribution is 0.101. The Balaban J connectivity index is 1.98. The predicted octanol–water partition coefficient (Wildman–Crippen LogP) is 2.29. The van der Waals surface area contributed by atoms with Crippen LogP contribution in [0.1, 0.15) is 22.8 Å². The molecule has 0 atom stereocenters. The monoisotopic (exact) mass is 227 g/mol. The molecule has 0 saturated heterocycles.